The number of aliphatic hydroxyl groups excluding tert-OH is 2. The number of rotatable bonds is 12. The van der Waals surface area contributed by atoms with Gasteiger partial charge in [-0.3, -0.25) is 4.57 Å². The summed E-state index contributed by atoms with van der Waals surface area (Å²) in [5.74, 6) is -2.55. The highest BCUT2D eigenvalue weighted by Gasteiger charge is 2.36. The Balaban J connectivity index is 4.00. The minimum atomic E-state index is -3.86. The predicted octanol–water partition coefficient (Wildman–Crippen LogP) is 3.83. The van der Waals surface area contributed by atoms with Crippen LogP contribution in [0, 0.1) is 0 Å². The van der Waals surface area contributed by atoms with Gasteiger partial charge in [0.05, 0.1) is 0 Å². The summed E-state index contributed by atoms with van der Waals surface area (Å²) in [5, 5.41) is 19.6. The Morgan fingerprint density at radius 3 is 1.47 bits per heavy atom. The molecule has 2 atom stereocenters. The lowest BCUT2D eigenvalue weighted by atomic mass is 10.2. The van der Waals surface area contributed by atoms with E-state index in [1.165, 1.54) is 0 Å². The molecule has 0 rings (SSSR count). The summed E-state index contributed by atoms with van der Waals surface area (Å²) in [4.78, 5) is 9.82. The molecule has 0 spiro atoms. The van der Waals surface area contributed by atoms with Crippen LogP contribution in [0.1, 0.15) is 78.1 Å². The molecule has 0 saturated heterocycles. The zero-order valence-corrected chi connectivity index (χ0v) is 13.3. The van der Waals surface area contributed by atoms with Crippen LogP contribution in [0.4, 0.5) is 0 Å². The van der Waals surface area contributed by atoms with E-state index in [-0.39, 0.29) is 0 Å². The van der Waals surface area contributed by atoms with Gasteiger partial charge in [-0.25, -0.2) is 0 Å². The molecule has 0 amide bonds. The van der Waals surface area contributed by atoms with Crippen molar-refractivity contribution in [1.29, 1.82) is 0 Å². The van der Waals surface area contributed by atoms with Crippen molar-refractivity contribution in [1.82, 2.24) is 0 Å². The Kier molecular flexibility index (Phi) is 10.9. The molecular formula is C14H31O4P. The number of hydrogen-bond acceptors (Lipinski definition) is 3. The molecule has 3 N–H and O–H groups in total. The lowest BCUT2D eigenvalue weighted by Gasteiger charge is -2.23. The van der Waals surface area contributed by atoms with Gasteiger partial charge in [0.1, 0.15) is 11.7 Å². The summed E-state index contributed by atoms with van der Waals surface area (Å²) in [6.07, 6.45) is 8.33. The first-order valence-corrected chi connectivity index (χ1v) is 9.44. The fourth-order valence-electron chi connectivity index (χ4n) is 2.08. The van der Waals surface area contributed by atoms with E-state index in [2.05, 4.69) is 13.8 Å². The second-order valence-electron chi connectivity index (χ2n) is 5.33. The molecule has 0 heterocycles. The Labute approximate surface area is 117 Å². The van der Waals surface area contributed by atoms with E-state index in [4.69, 9.17) is 0 Å². The van der Waals surface area contributed by atoms with Gasteiger partial charge >= 0.3 is 0 Å². The SMILES string of the molecule is CCCCCCC(O)P(=O)(O)C(O)CCCCCC. The topological polar surface area (TPSA) is 77.8 Å². The van der Waals surface area contributed by atoms with Crippen molar-refractivity contribution in [3.63, 3.8) is 0 Å². The van der Waals surface area contributed by atoms with Crippen molar-refractivity contribution in [3.8, 4) is 0 Å². The van der Waals surface area contributed by atoms with Gasteiger partial charge in [-0.1, -0.05) is 65.2 Å². The molecule has 0 aliphatic heterocycles. The molecule has 0 saturated carbocycles. The van der Waals surface area contributed by atoms with E-state index >= 15 is 0 Å². The zero-order chi connectivity index (χ0) is 14.7. The van der Waals surface area contributed by atoms with Gasteiger partial charge in [-0.2, -0.15) is 0 Å². The van der Waals surface area contributed by atoms with Crippen LogP contribution >= 0.6 is 7.37 Å². The number of aliphatic hydroxyl groups is 2. The van der Waals surface area contributed by atoms with Crippen molar-refractivity contribution in [2.75, 3.05) is 0 Å². The molecular weight excluding hydrogens is 263 g/mol. The van der Waals surface area contributed by atoms with Gasteiger partial charge in [0.2, 0.25) is 0 Å². The molecule has 0 aromatic heterocycles. The van der Waals surface area contributed by atoms with Gasteiger partial charge < -0.3 is 15.1 Å². The third-order valence-electron chi connectivity index (χ3n) is 3.49. The first-order chi connectivity index (χ1) is 8.96. The van der Waals surface area contributed by atoms with E-state index in [1.54, 1.807) is 0 Å². The predicted molar refractivity (Wildman–Crippen MR) is 79.4 cm³/mol. The molecule has 0 fully saturated rings. The molecule has 19 heavy (non-hydrogen) atoms. The van der Waals surface area contributed by atoms with Crippen molar-refractivity contribution < 1.29 is 19.7 Å². The molecule has 2 unspecified atom stereocenters. The summed E-state index contributed by atoms with van der Waals surface area (Å²) < 4.78 is 12.0. The third-order valence-corrected chi connectivity index (χ3v) is 5.71. The molecule has 0 radical (unpaired) electrons. The highest BCUT2D eigenvalue weighted by Crippen LogP contribution is 2.52. The van der Waals surface area contributed by atoms with E-state index < -0.39 is 19.1 Å². The van der Waals surface area contributed by atoms with Crippen LogP contribution in [0.15, 0.2) is 0 Å². The van der Waals surface area contributed by atoms with Crippen LogP contribution < -0.4 is 0 Å². The molecule has 0 aliphatic carbocycles. The zero-order valence-electron chi connectivity index (χ0n) is 12.4. The standard InChI is InChI=1S/C14H31O4P/c1-3-5-7-9-11-13(15)19(17,18)14(16)12-10-8-6-4-2/h13-16H,3-12H2,1-2H3,(H,17,18). The minimum absolute atomic E-state index is 0.305. The second-order valence-corrected chi connectivity index (χ2v) is 7.87. The summed E-state index contributed by atoms with van der Waals surface area (Å²) in [5.41, 5.74) is 0. The van der Waals surface area contributed by atoms with Crippen molar-refractivity contribution in [2.45, 2.75) is 89.7 Å². The summed E-state index contributed by atoms with van der Waals surface area (Å²) in [6.45, 7) is 4.18. The average Bonchev–Trinajstić information content (AvgIpc) is 2.39. The Morgan fingerprint density at radius 1 is 0.789 bits per heavy atom. The van der Waals surface area contributed by atoms with Crippen molar-refractivity contribution in [3.05, 3.63) is 0 Å². The van der Waals surface area contributed by atoms with Gasteiger partial charge in [0.25, 0.3) is 7.37 Å². The van der Waals surface area contributed by atoms with Crippen molar-refractivity contribution >= 4 is 7.37 Å². The van der Waals surface area contributed by atoms with Gasteiger partial charge in [0, 0.05) is 0 Å². The number of hydrogen-bond donors (Lipinski definition) is 3. The van der Waals surface area contributed by atoms with E-state index in [0.29, 0.717) is 12.8 Å². The maximum absolute atomic E-state index is 12.0. The Bertz CT molecular complexity index is 236. The molecule has 0 aromatic rings. The molecule has 0 aromatic carbocycles. The van der Waals surface area contributed by atoms with Crippen molar-refractivity contribution in [2.24, 2.45) is 0 Å². The summed E-state index contributed by atoms with van der Waals surface area (Å²) in [6, 6.07) is 0. The van der Waals surface area contributed by atoms with Crippen LogP contribution in [-0.2, 0) is 4.57 Å². The molecule has 0 bridgehead atoms. The third kappa shape index (κ3) is 8.09. The Hall–Kier alpha value is 0.110. The highest BCUT2D eigenvalue weighted by atomic mass is 31.2. The molecule has 0 aliphatic rings. The van der Waals surface area contributed by atoms with E-state index in [0.717, 1.165) is 51.4 Å². The maximum Gasteiger partial charge on any atom is 0.255 e. The van der Waals surface area contributed by atoms with E-state index in [9.17, 15) is 19.7 Å². The molecule has 116 valence electrons. The maximum atomic E-state index is 12.0. The normalized spacial score (nSPS) is 17.9. The van der Waals surface area contributed by atoms with Crippen LogP contribution in [0.3, 0.4) is 0 Å². The quantitative estimate of drug-likeness (QED) is 0.377. The van der Waals surface area contributed by atoms with Crippen LogP contribution in [0.5, 0.6) is 0 Å². The van der Waals surface area contributed by atoms with Crippen LogP contribution in [0.25, 0.3) is 0 Å². The largest absolute Gasteiger partial charge is 0.383 e. The lowest BCUT2D eigenvalue weighted by Crippen LogP contribution is -2.18. The monoisotopic (exact) mass is 294 g/mol. The first kappa shape index (κ1) is 19.1. The fourth-order valence-corrected chi connectivity index (χ4v) is 3.58. The first-order valence-electron chi connectivity index (χ1n) is 7.65. The molecule has 4 nitrogen and oxygen atoms in total. The lowest BCUT2D eigenvalue weighted by molar-refractivity contribution is 0.170. The summed E-state index contributed by atoms with van der Waals surface area (Å²) >= 11 is 0. The van der Waals surface area contributed by atoms with E-state index in [1.807, 2.05) is 0 Å². The van der Waals surface area contributed by atoms with Crippen LogP contribution in [0.2, 0.25) is 0 Å². The molecule has 5 heteroatoms. The van der Waals surface area contributed by atoms with Gasteiger partial charge in [-0.05, 0) is 12.8 Å². The highest BCUT2D eigenvalue weighted by molar-refractivity contribution is 7.59. The summed E-state index contributed by atoms with van der Waals surface area (Å²) in [7, 11) is -3.86. The smallest absolute Gasteiger partial charge is 0.255 e. The number of unbranched alkanes of at least 4 members (excludes halogenated alkanes) is 6. The average molecular weight is 294 g/mol. The Morgan fingerprint density at radius 2 is 1.16 bits per heavy atom. The fraction of sp³-hybridized carbons (Fsp3) is 1.00. The minimum Gasteiger partial charge on any atom is -0.383 e. The van der Waals surface area contributed by atoms with Gasteiger partial charge in [-0.15, -0.1) is 0 Å². The van der Waals surface area contributed by atoms with Crippen LogP contribution in [-0.4, -0.2) is 26.8 Å². The van der Waals surface area contributed by atoms with Gasteiger partial charge in [0.15, 0.2) is 0 Å². The second kappa shape index (κ2) is 10.8.